The van der Waals surface area contributed by atoms with E-state index in [1.165, 1.54) is 29.9 Å². The third-order valence-corrected chi connectivity index (χ3v) is 4.98. The van der Waals surface area contributed by atoms with Gasteiger partial charge in [0.2, 0.25) is 0 Å². The lowest BCUT2D eigenvalue weighted by atomic mass is 10.1. The van der Waals surface area contributed by atoms with Gasteiger partial charge in [0.1, 0.15) is 5.75 Å². The molecule has 5 nitrogen and oxygen atoms in total. The minimum Gasteiger partial charge on any atom is -0.453 e. The smallest absolute Gasteiger partial charge is 0.453 e. The van der Waals surface area contributed by atoms with Crippen molar-refractivity contribution < 1.29 is 22.6 Å². The second-order valence-corrected chi connectivity index (χ2v) is 7.17. The fourth-order valence-corrected chi connectivity index (χ4v) is 3.66. The van der Waals surface area contributed by atoms with E-state index in [2.05, 4.69) is 39.2 Å². The number of benzene rings is 3. The maximum atomic E-state index is 11.6. The quantitative estimate of drug-likeness (QED) is 0.530. The van der Waals surface area contributed by atoms with Gasteiger partial charge in [-0.1, -0.05) is 24.3 Å². The van der Waals surface area contributed by atoms with Gasteiger partial charge in [-0.15, -0.1) is 13.2 Å². The van der Waals surface area contributed by atoms with E-state index in [1.54, 1.807) is 0 Å². The van der Waals surface area contributed by atoms with Crippen LogP contribution in [0.15, 0.2) is 72.8 Å². The van der Waals surface area contributed by atoms with E-state index >= 15 is 0 Å². The predicted octanol–water partition coefficient (Wildman–Crippen LogP) is 5.46. The molecule has 3 N–H and O–H groups in total. The van der Waals surface area contributed by atoms with E-state index in [0.717, 1.165) is 36.7 Å². The van der Waals surface area contributed by atoms with Gasteiger partial charge in [-0.25, -0.2) is 0 Å². The predicted molar refractivity (Wildman–Crippen MR) is 114 cm³/mol. The van der Waals surface area contributed by atoms with Crippen molar-refractivity contribution in [2.24, 2.45) is 0 Å². The largest absolute Gasteiger partial charge is 0.573 e. The highest BCUT2D eigenvalue weighted by molar-refractivity contribution is 5.78. The van der Waals surface area contributed by atoms with E-state index in [4.69, 9.17) is 10.5 Å². The number of fused-ring (bicyclic) bond motifs is 2. The van der Waals surface area contributed by atoms with Crippen molar-refractivity contribution in [3.63, 3.8) is 0 Å². The summed E-state index contributed by atoms with van der Waals surface area (Å²) in [6.07, 6.45) is -3.47. The van der Waals surface area contributed by atoms with Gasteiger partial charge in [-0.3, -0.25) is 0 Å². The molecule has 0 aliphatic carbocycles. The van der Waals surface area contributed by atoms with Crippen molar-refractivity contribution in [3.05, 3.63) is 72.8 Å². The van der Waals surface area contributed by atoms with Crippen molar-refractivity contribution in [1.82, 2.24) is 5.32 Å². The molecule has 0 bridgehead atoms. The summed E-state index contributed by atoms with van der Waals surface area (Å²) in [7, 11) is 0. The molecule has 0 spiro atoms. The van der Waals surface area contributed by atoms with Crippen molar-refractivity contribution in [2.75, 3.05) is 23.7 Å². The highest BCUT2D eigenvalue weighted by atomic mass is 19.4. The van der Waals surface area contributed by atoms with Crippen molar-refractivity contribution in [3.8, 4) is 17.2 Å². The number of anilines is 3. The van der Waals surface area contributed by atoms with Crippen LogP contribution in [0.1, 0.15) is 6.42 Å². The molecular weight excluding hydrogens is 407 g/mol. The van der Waals surface area contributed by atoms with E-state index in [9.17, 15) is 13.2 Å². The first-order valence-electron chi connectivity index (χ1n) is 9.88. The van der Waals surface area contributed by atoms with Gasteiger partial charge in [0.15, 0.2) is 11.5 Å². The number of rotatable bonds is 2. The Kier molecular flexibility index (Phi) is 5.90. The molecule has 2 aliphatic rings. The molecule has 5 rings (SSSR count). The molecule has 3 aromatic carbocycles. The van der Waals surface area contributed by atoms with Crippen molar-refractivity contribution in [2.45, 2.75) is 18.8 Å². The number of nitrogen functional groups attached to an aromatic ring is 1. The Balaban J connectivity index is 0.000000168. The molecule has 31 heavy (non-hydrogen) atoms. The lowest BCUT2D eigenvalue weighted by molar-refractivity contribution is -0.274. The summed E-state index contributed by atoms with van der Waals surface area (Å²) in [5.74, 6) is 1.64. The standard InChI is InChI=1S/C16H16N2O.C7H6F3NO/c1-3-7-15-13(5-1)18(12-9-10-17-11-12)14-6-2-4-8-16(14)19-15;8-7(9,10)12-6-3-1-5(11)2-4-6/h1-8,12,17H,9-11H2;1-4H,11H2. The molecule has 2 aliphatic heterocycles. The third-order valence-electron chi connectivity index (χ3n) is 4.98. The first kappa shape index (κ1) is 20.9. The number of hydrogen-bond donors (Lipinski definition) is 2. The highest BCUT2D eigenvalue weighted by Crippen LogP contribution is 2.47. The van der Waals surface area contributed by atoms with Gasteiger partial charge in [0, 0.05) is 18.3 Å². The minimum atomic E-state index is -4.64. The van der Waals surface area contributed by atoms with Crippen molar-refractivity contribution in [1.29, 1.82) is 0 Å². The van der Waals surface area contributed by atoms with E-state index < -0.39 is 6.36 Å². The molecule has 1 unspecified atom stereocenters. The van der Waals surface area contributed by atoms with Crippen LogP contribution in [0.25, 0.3) is 0 Å². The van der Waals surface area contributed by atoms with Crippen LogP contribution in [0, 0.1) is 0 Å². The van der Waals surface area contributed by atoms with Gasteiger partial charge >= 0.3 is 6.36 Å². The van der Waals surface area contributed by atoms with Crippen LogP contribution in [0.4, 0.5) is 30.2 Å². The number of ether oxygens (including phenoxy) is 2. The lowest BCUT2D eigenvalue weighted by Gasteiger charge is -2.36. The number of para-hydroxylation sites is 4. The van der Waals surface area contributed by atoms with Gasteiger partial charge in [0.05, 0.1) is 11.4 Å². The Labute approximate surface area is 178 Å². The number of alkyl halides is 3. The molecule has 1 fully saturated rings. The Morgan fingerprint density at radius 3 is 2.00 bits per heavy atom. The molecular formula is C23H22F3N3O2. The summed E-state index contributed by atoms with van der Waals surface area (Å²) in [5.41, 5.74) is 8.00. The molecule has 0 saturated carbocycles. The van der Waals surface area contributed by atoms with Crippen LogP contribution in [-0.4, -0.2) is 25.5 Å². The Hall–Kier alpha value is -3.39. The van der Waals surface area contributed by atoms with Crippen LogP contribution in [0.2, 0.25) is 0 Å². The summed E-state index contributed by atoms with van der Waals surface area (Å²) in [6.45, 7) is 2.12. The van der Waals surface area contributed by atoms with E-state index in [-0.39, 0.29) is 5.75 Å². The zero-order chi connectivity index (χ0) is 21.8. The number of halogens is 3. The molecule has 162 valence electrons. The first-order chi connectivity index (χ1) is 14.9. The van der Waals surface area contributed by atoms with Gasteiger partial charge < -0.3 is 25.4 Å². The van der Waals surface area contributed by atoms with E-state index in [1.807, 2.05) is 24.3 Å². The average molecular weight is 429 g/mol. The van der Waals surface area contributed by atoms with Crippen molar-refractivity contribution >= 4 is 17.1 Å². The van der Waals surface area contributed by atoms with Gasteiger partial charge in [-0.2, -0.15) is 0 Å². The summed E-state index contributed by atoms with van der Waals surface area (Å²) in [4.78, 5) is 2.42. The Bertz CT molecular complexity index is 974. The van der Waals surface area contributed by atoms with Crippen LogP contribution in [0.3, 0.4) is 0 Å². The molecule has 3 aromatic rings. The second-order valence-electron chi connectivity index (χ2n) is 7.17. The normalized spacial score (nSPS) is 17.0. The Morgan fingerprint density at radius 2 is 1.48 bits per heavy atom. The summed E-state index contributed by atoms with van der Waals surface area (Å²) >= 11 is 0. The molecule has 0 aromatic heterocycles. The lowest BCUT2D eigenvalue weighted by Crippen LogP contribution is -2.34. The Morgan fingerprint density at radius 1 is 0.903 bits per heavy atom. The fourth-order valence-electron chi connectivity index (χ4n) is 3.66. The average Bonchev–Trinajstić information content (AvgIpc) is 3.27. The zero-order valence-electron chi connectivity index (χ0n) is 16.6. The highest BCUT2D eigenvalue weighted by Gasteiger charge is 2.31. The number of nitrogens with one attached hydrogen (secondary N) is 1. The molecule has 8 heteroatoms. The molecule has 1 saturated heterocycles. The third kappa shape index (κ3) is 5.03. The minimum absolute atomic E-state index is 0.267. The number of hydrogen-bond acceptors (Lipinski definition) is 5. The topological polar surface area (TPSA) is 59.8 Å². The fraction of sp³-hybridized carbons (Fsp3) is 0.217. The van der Waals surface area contributed by atoms with E-state index in [0.29, 0.717) is 11.7 Å². The maximum absolute atomic E-state index is 11.6. The molecule has 0 radical (unpaired) electrons. The molecule has 1 atom stereocenters. The van der Waals surface area contributed by atoms with Gasteiger partial charge in [0.25, 0.3) is 0 Å². The van der Waals surface area contributed by atoms with Crippen LogP contribution < -0.4 is 25.4 Å². The zero-order valence-corrected chi connectivity index (χ0v) is 16.6. The monoisotopic (exact) mass is 429 g/mol. The molecule has 2 heterocycles. The van der Waals surface area contributed by atoms with Gasteiger partial charge in [-0.05, 0) is 61.5 Å². The van der Waals surface area contributed by atoms with Crippen LogP contribution in [0.5, 0.6) is 17.2 Å². The summed E-state index contributed by atoms with van der Waals surface area (Å²) in [5, 5.41) is 3.45. The number of nitrogens with zero attached hydrogens (tertiary/aromatic N) is 1. The first-order valence-corrected chi connectivity index (χ1v) is 9.88. The number of nitrogens with two attached hydrogens (primary N) is 1. The molecule has 0 amide bonds. The summed E-state index contributed by atoms with van der Waals surface area (Å²) in [6, 6.07) is 22.1. The van der Waals surface area contributed by atoms with Crippen LogP contribution >= 0.6 is 0 Å². The van der Waals surface area contributed by atoms with Crippen LogP contribution in [-0.2, 0) is 0 Å². The SMILES string of the molecule is Nc1ccc(OC(F)(F)F)cc1.c1ccc2c(c1)Oc1ccccc1N2C1CCNC1. The summed E-state index contributed by atoms with van der Waals surface area (Å²) < 4.78 is 44.4. The maximum Gasteiger partial charge on any atom is 0.573 e. The second kappa shape index (κ2) is 8.77.